The number of benzene rings is 2. The van der Waals surface area contributed by atoms with Gasteiger partial charge in [-0.2, -0.15) is 0 Å². The van der Waals surface area contributed by atoms with Crippen molar-refractivity contribution in [3.63, 3.8) is 0 Å². The fourth-order valence-electron chi connectivity index (χ4n) is 3.55. The maximum absolute atomic E-state index is 13.8. The van der Waals surface area contributed by atoms with Crippen LogP contribution in [0.5, 0.6) is 0 Å². The normalized spacial score (nSPS) is 11.3. The molecule has 1 amide bonds. The second kappa shape index (κ2) is 8.38. The molecule has 0 N–H and O–H groups in total. The van der Waals surface area contributed by atoms with Gasteiger partial charge in [0.1, 0.15) is 4.88 Å². The van der Waals surface area contributed by atoms with Gasteiger partial charge in [0.25, 0.3) is 5.91 Å². The molecule has 0 spiro atoms. The van der Waals surface area contributed by atoms with Crippen LogP contribution in [0.4, 0.5) is 5.13 Å². The molecule has 4 nitrogen and oxygen atoms in total. The fraction of sp³-hybridized carbons (Fsp3) is 0.125. The number of hydrogen-bond acceptors (Lipinski definition) is 5. The van der Waals surface area contributed by atoms with E-state index in [-0.39, 0.29) is 5.91 Å². The van der Waals surface area contributed by atoms with Crippen LogP contribution < -0.4 is 4.90 Å². The molecule has 0 saturated heterocycles. The largest absolute Gasteiger partial charge is 0.277 e. The average Bonchev–Trinajstić information content (AvgIpc) is 3.39. The molecule has 0 aliphatic heterocycles. The number of thiazole rings is 1. The van der Waals surface area contributed by atoms with Gasteiger partial charge in [0.15, 0.2) is 5.13 Å². The van der Waals surface area contributed by atoms with Gasteiger partial charge in [0.2, 0.25) is 0 Å². The Morgan fingerprint density at radius 2 is 1.81 bits per heavy atom. The minimum atomic E-state index is -0.158. The average molecular weight is 464 g/mol. The quantitative estimate of drug-likeness (QED) is 0.282. The van der Waals surface area contributed by atoms with Crippen LogP contribution in [0.15, 0.2) is 66.9 Å². The third-order valence-electron chi connectivity index (χ3n) is 5.12. The minimum absolute atomic E-state index is 0.158. The molecule has 7 heteroatoms. The SMILES string of the molecule is CCc1cccc2sc(N(Cc3ccccn3)C(=O)c3sc4ccccc4c3Cl)nc12. The fourth-order valence-corrected chi connectivity index (χ4v) is 6.02. The molecule has 0 saturated carbocycles. The van der Waals surface area contributed by atoms with Crippen LogP contribution in [0, 0.1) is 0 Å². The molecule has 0 bridgehead atoms. The molecule has 0 unspecified atom stereocenters. The topological polar surface area (TPSA) is 46.1 Å². The molecule has 2 aromatic carbocycles. The summed E-state index contributed by atoms with van der Waals surface area (Å²) in [6.07, 6.45) is 2.62. The minimum Gasteiger partial charge on any atom is -0.277 e. The van der Waals surface area contributed by atoms with Gasteiger partial charge in [-0.3, -0.25) is 14.7 Å². The molecule has 154 valence electrons. The third-order valence-corrected chi connectivity index (χ3v) is 7.83. The second-order valence-electron chi connectivity index (χ2n) is 7.07. The zero-order valence-corrected chi connectivity index (χ0v) is 19.1. The summed E-state index contributed by atoms with van der Waals surface area (Å²) < 4.78 is 2.06. The van der Waals surface area contributed by atoms with Crippen molar-refractivity contribution < 1.29 is 4.79 Å². The molecule has 5 aromatic rings. The maximum atomic E-state index is 13.8. The number of halogens is 1. The number of carbonyl (C=O) groups is 1. The van der Waals surface area contributed by atoms with Crippen LogP contribution in [0.25, 0.3) is 20.3 Å². The van der Waals surface area contributed by atoms with Gasteiger partial charge in [-0.1, -0.05) is 66.3 Å². The van der Waals surface area contributed by atoms with Crippen LogP contribution >= 0.6 is 34.3 Å². The number of hydrogen-bond donors (Lipinski definition) is 0. The van der Waals surface area contributed by atoms with Crippen molar-refractivity contribution in [1.29, 1.82) is 0 Å². The highest BCUT2D eigenvalue weighted by atomic mass is 35.5. The summed E-state index contributed by atoms with van der Waals surface area (Å²) in [5, 5.41) is 2.04. The van der Waals surface area contributed by atoms with E-state index in [4.69, 9.17) is 16.6 Å². The predicted octanol–water partition coefficient (Wildman–Crippen LogP) is 6.97. The van der Waals surface area contributed by atoms with E-state index in [1.165, 1.54) is 28.2 Å². The molecule has 5 rings (SSSR count). The van der Waals surface area contributed by atoms with Gasteiger partial charge >= 0.3 is 0 Å². The van der Waals surface area contributed by atoms with Gasteiger partial charge in [-0.25, -0.2) is 4.98 Å². The molecule has 31 heavy (non-hydrogen) atoms. The molecule has 3 aromatic heterocycles. The van der Waals surface area contributed by atoms with Crippen molar-refractivity contribution in [3.05, 3.63) is 88.0 Å². The highest BCUT2D eigenvalue weighted by Gasteiger charge is 2.27. The van der Waals surface area contributed by atoms with Gasteiger partial charge in [0, 0.05) is 16.3 Å². The lowest BCUT2D eigenvalue weighted by molar-refractivity contribution is 0.0989. The lowest BCUT2D eigenvalue weighted by atomic mass is 10.1. The summed E-state index contributed by atoms with van der Waals surface area (Å²) in [7, 11) is 0. The van der Waals surface area contributed by atoms with Crippen LogP contribution in [0.2, 0.25) is 5.02 Å². The summed E-state index contributed by atoms with van der Waals surface area (Å²) in [5.41, 5.74) is 2.92. The Hall–Kier alpha value is -2.80. The molecular formula is C24H18ClN3OS2. The Kier molecular flexibility index (Phi) is 5.44. The van der Waals surface area contributed by atoms with Crippen molar-refractivity contribution in [2.24, 2.45) is 0 Å². The van der Waals surface area contributed by atoms with E-state index >= 15 is 0 Å². The number of para-hydroxylation sites is 1. The molecule has 0 aliphatic rings. The summed E-state index contributed by atoms with van der Waals surface area (Å²) in [5.74, 6) is -0.158. The first-order chi connectivity index (χ1) is 15.2. The van der Waals surface area contributed by atoms with E-state index in [1.54, 1.807) is 11.1 Å². The number of nitrogens with zero attached hydrogens (tertiary/aromatic N) is 3. The number of pyridine rings is 1. The van der Waals surface area contributed by atoms with E-state index in [1.807, 2.05) is 54.6 Å². The van der Waals surface area contributed by atoms with Gasteiger partial charge in [-0.15, -0.1) is 11.3 Å². The van der Waals surface area contributed by atoms with Crippen LogP contribution in [0.1, 0.15) is 27.9 Å². The number of anilines is 1. The zero-order valence-electron chi connectivity index (χ0n) is 16.7. The monoisotopic (exact) mass is 463 g/mol. The Labute approximate surface area is 192 Å². The van der Waals surface area contributed by atoms with Crippen LogP contribution in [-0.4, -0.2) is 15.9 Å². The van der Waals surface area contributed by atoms with Crippen LogP contribution in [-0.2, 0) is 13.0 Å². The summed E-state index contributed by atoms with van der Waals surface area (Å²) in [6, 6.07) is 19.7. The van der Waals surface area contributed by atoms with Crippen molar-refractivity contribution >= 4 is 65.6 Å². The predicted molar refractivity (Wildman–Crippen MR) is 131 cm³/mol. The Morgan fingerprint density at radius 3 is 2.58 bits per heavy atom. The van der Waals surface area contributed by atoms with Crippen molar-refractivity contribution in [1.82, 2.24) is 9.97 Å². The number of thiophene rings is 1. The van der Waals surface area contributed by atoms with Crippen molar-refractivity contribution in [2.75, 3.05) is 4.90 Å². The number of rotatable bonds is 5. The smallest absolute Gasteiger partial charge is 0.272 e. The van der Waals surface area contributed by atoms with Gasteiger partial charge in [0.05, 0.1) is 27.5 Å². The molecule has 0 aliphatic carbocycles. The van der Waals surface area contributed by atoms with Crippen LogP contribution in [0.3, 0.4) is 0 Å². The zero-order chi connectivity index (χ0) is 21.4. The van der Waals surface area contributed by atoms with E-state index < -0.39 is 0 Å². The first-order valence-corrected chi connectivity index (χ1v) is 11.9. The first kappa shape index (κ1) is 20.1. The maximum Gasteiger partial charge on any atom is 0.272 e. The summed E-state index contributed by atoms with van der Waals surface area (Å²) in [6.45, 7) is 2.44. The lowest BCUT2D eigenvalue weighted by Gasteiger charge is -2.19. The molecule has 0 atom stereocenters. The molecular weight excluding hydrogens is 446 g/mol. The summed E-state index contributed by atoms with van der Waals surface area (Å²) >= 11 is 9.57. The number of aryl methyl sites for hydroxylation is 1. The number of carbonyl (C=O) groups excluding carboxylic acids is 1. The Bertz CT molecular complexity index is 1390. The van der Waals surface area contributed by atoms with E-state index in [9.17, 15) is 4.79 Å². The van der Waals surface area contributed by atoms with Gasteiger partial charge < -0.3 is 0 Å². The molecule has 0 radical (unpaired) electrons. The number of aromatic nitrogens is 2. The molecule has 0 fully saturated rings. The third kappa shape index (κ3) is 3.71. The summed E-state index contributed by atoms with van der Waals surface area (Å²) in [4.78, 5) is 25.3. The van der Waals surface area contributed by atoms with E-state index in [2.05, 4.69) is 18.0 Å². The number of fused-ring (bicyclic) bond motifs is 2. The Balaban J connectivity index is 1.63. The second-order valence-corrected chi connectivity index (χ2v) is 9.51. The Morgan fingerprint density at radius 1 is 1.00 bits per heavy atom. The van der Waals surface area contributed by atoms with Crippen molar-refractivity contribution in [3.8, 4) is 0 Å². The first-order valence-electron chi connectivity index (χ1n) is 9.93. The molecule has 3 heterocycles. The van der Waals surface area contributed by atoms with Crippen molar-refractivity contribution in [2.45, 2.75) is 19.9 Å². The van der Waals surface area contributed by atoms with E-state index in [0.29, 0.717) is 21.6 Å². The van der Waals surface area contributed by atoms with Gasteiger partial charge in [-0.05, 0) is 36.2 Å². The highest BCUT2D eigenvalue weighted by molar-refractivity contribution is 7.23. The van der Waals surface area contributed by atoms with E-state index in [0.717, 1.165) is 32.4 Å². The highest BCUT2D eigenvalue weighted by Crippen LogP contribution is 2.38. The number of amides is 1. The standard InChI is InChI=1S/C24H18ClN3OS2/c1-2-15-8-7-12-19-21(15)27-24(31-19)28(14-16-9-5-6-13-26-16)23(29)22-20(25)17-10-3-4-11-18(17)30-22/h3-13H,2,14H2,1H3. The lowest BCUT2D eigenvalue weighted by Crippen LogP contribution is -2.30.